The molecule has 11 nitrogen and oxygen atoms in total. The average Bonchev–Trinajstić information content (AvgIpc) is 3.57. The minimum atomic E-state index is -0.168. The number of fused-ring (bicyclic) bond motifs is 2. The number of phenolic OH excluding ortho intramolecular Hbond substituents is 1. The normalized spacial score (nSPS) is 11.4. The lowest BCUT2D eigenvalue weighted by atomic mass is 10.1. The molecule has 240 valence electrons. The van der Waals surface area contributed by atoms with Gasteiger partial charge in [0.25, 0.3) is 11.1 Å². The molecule has 0 unspecified atom stereocenters. The van der Waals surface area contributed by atoms with E-state index in [1.165, 1.54) is 0 Å². The van der Waals surface area contributed by atoms with Gasteiger partial charge in [0.05, 0.1) is 47.4 Å². The SMILES string of the molecule is COc1ccc(-c2nc3ccccc3c(=O)n2CCCCCn2nncc2Cn2c(-c3ccc(O)cc3)nc3ccccc3c2=O)cc1. The minimum absolute atomic E-state index is 0.0659. The standard InChI is InChI=1S/C37H33N7O4/c1-48-29-19-15-26(16-20-29)34-39-32-11-5-3-9-30(32)36(46)42(34)21-7-2-8-22-44-27(23-38-41-44)24-43-35(25-13-17-28(45)18-14-25)40-33-12-6-4-10-31(33)37(43)47/h3-6,9-20,23,45H,2,7-8,21-22,24H2,1H3. The summed E-state index contributed by atoms with van der Waals surface area (Å²) in [6.45, 7) is 1.33. The van der Waals surface area contributed by atoms with Crippen LogP contribution in [0.5, 0.6) is 11.5 Å². The molecule has 0 aliphatic carbocycles. The summed E-state index contributed by atoms with van der Waals surface area (Å²) >= 11 is 0. The first-order valence-electron chi connectivity index (χ1n) is 15.8. The van der Waals surface area contributed by atoms with E-state index in [0.717, 1.165) is 36.3 Å². The van der Waals surface area contributed by atoms with Gasteiger partial charge in [0.15, 0.2) is 0 Å². The zero-order chi connectivity index (χ0) is 33.0. The summed E-state index contributed by atoms with van der Waals surface area (Å²) in [6.07, 6.45) is 4.05. The predicted molar refractivity (Wildman–Crippen MR) is 184 cm³/mol. The minimum Gasteiger partial charge on any atom is -0.508 e. The topological polar surface area (TPSA) is 130 Å². The van der Waals surface area contributed by atoms with Crippen molar-refractivity contribution in [2.75, 3.05) is 7.11 Å². The second-order valence-corrected chi connectivity index (χ2v) is 11.5. The van der Waals surface area contributed by atoms with E-state index in [4.69, 9.17) is 14.7 Å². The molecule has 0 spiro atoms. The molecular weight excluding hydrogens is 606 g/mol. The number of aryl methyl sites for hydroxylation is 1. The third-order valence-electron chi connectivity index (χ3n) is 8.47. The van der Waals surface area contributed by atoms with Crippen LogP contribution in [0.1, 0.15) is 25.0 Å². The van der Waals surface area contributed by atoms with E-state index < -0.39 is 0 Å². The highest BCUT2D eigenvalue weighted by atomic mass is 16.5. The molecule has 0 saturated carbocycles. The van der Waals surface area contributed by atoms with Crippen LogP contribution in [-0.4, -0.2) is 46.3 Å². The van der Waals surface area contributed by atoms with Crippen molar-refractivity contribution in [2.24, 2.45) is 0 Å². The summed E-state index contributed by atoms with van der Waals surface area (Å²) in [7, 11) is 1.62. The lowest BCUT2D eigenvalue weighted by Gasteiger charge is -2.15. The number of methoxy groups -OCH3 is 1. The van der Waals surface area contributed by atoms with Crippen molar-refractivity contribution in [2.45, 2.75) is 38.9 Å². The molecule has 0 bridgehead atoms. The molecule has 4 aromatic carbocycles. The summed E-state index contributed by atoms with van der Waals surface area (Å²) in [4.78, 5) is 37.0. The summed E-state index contributed by atoms with van der Waals surface area (Å²) in [5, 5.41) is 19.4. The number of aromatic nitrogens is 7. The van der Waals surface area contributed by atoms with E-state index in [2.05, 4.69) is 10.3 Å². The molecule has 48 heavy (non-hydrogen) atoms. The molecule has 3 aromatic heterocycles. The van der Waals surface area contributed by atoms with Crippen LogP contribution in [0, 0.1) is 0 Å². The van der Waals surface area contributed by atoms with Gasteiger partial charge in [-0.15, -0.1) is 5.10 Å². The Morgan fingerprint density at radius 3 is 1.88 bits per heavy atom. The first kappa shape index (κ1) is 30.5. The highest BCUT2D eigenvalue weighted by Gasteiger charge is 2.16. The van der Waals surface area contributed by atoms with Crippen LogP contribution in [0.3, 0.4) is 0 Å². The zero-order valence-corrected chi connectivity index (χ0v) is 26.4. The van der Waals surface area contributed by atoms with Crippen LogP contribution in [0.25, 0.3) is 44.6 Å². The number of ether oxygens (including phenoxy) is 1. The Morgan fingerprint density at radius 2 is 1.23 bits per heavy atom. The van der Waals surface area contributed by atoms with E-state index in [-0.39, 0.29) is 23.4 Å². The van der Waals surface area contributed by atoms with Crippen LogP contribution in [0.15, 0.2) is 113 Å². The van der Waals surface area contributed by atoms with Crippen LogP contribution >= 0.6 is 0 Å². The van der Waals surface area contributed by atoms with Crippen LogP contribution in [-0.2, 0) is 19.6 Å². The van der Waals surface area contributed by atoms with Crippen LogP contribution < -0.4 is 15.9 Å². The molecule has 0 aliphatic rings. The number of rotatable bonds is 11. The van der Waals surface area contributed by atoms with Gasteiger partial charge in [0.1, 0.15) is 23.1 Å². The number of hydrogen-bond donors (Lipinski definition) is 1. The van der Waals surface area contributed by atoms with Gasteiger partial charge in [-0.25, -0.2) is 14.6 Å². The van der Waals surface area contributed by atoms with Crippen molar-refractivity contribution in [3.05, 3.63) is 130 Å². The molecule has 0 aliphatic heterocycles. The largest absolute Gasteiger partial charge is 0.508 e. The van der Waals surface area contributed by atoms with E-state index in [1.54, 1.807) is 52.8 Å². The fraction of sp³-hybridized carbons (Fsp3) is 0.189. The van der Waals surface area contributed by atoms with E-state index >= 15 is 0 Å². The maximum atomic E-state index is 13.7. The molecule has 0 fully saturated rings. The molecule has 3 heterocycles. The Bertz CT molecular complexity index is 2340. The highest BCUT2D eigenvalue weighted by molar-refractivity contribution is 5.80. The van der Waals surface area contributed by atoms with Crippen molar-refractivity contribution in [3.63, 3.8) is 0 Å². The molecule has 7 rings (SSSR count). The summed E-state index contributed by atoms with van der Waals surface area (Å²) in [6, 6.07) is 28.9. The van der Waals surface area contributed by atoms with E-state index in [1.807, 2.05) is 71.4 Å². The van der Waals surface area contributed by atoms with Crippen LogP contribution in [0.4, 0.5) is 0 Å². The monoisotopic (exact) mass is 639 g/mol. The summed E-state index contributed by atoms with van der Waals surface area (Å²) in [5.41, 5.74) is 3.35. The number of para-hydroxylation sites is 2. The van der Waals surface area contributed by atoms with Gasteiger partial charge in [-0.05, 0) is 92.1 Å². The Kier molecular flexibility index (Phi) is 8.48. The number of aromatic hydroxyl groups is 1. The second-order valence-electron chi connectivity index (χ2n) is 11.5. The fourth-order valence-corrected chi connectivity index (χ4v) is 5.94. The van der Waals surface area contributed by atoms with E-state index in [0.29, 0.717) is 52.1 Å². The average molecular weight is 640 g/mol. The summed E-state index contributed by atoms with van der Waals surface area (Å²) in [5.74, 6) is 1.99. The maximum Gasteiger partial charge on any atom is 0.262 e. The number of unbranched alkanes of at least 4 members (excludes halogenated alkanes) is 2. The zero-order valence-electron chi connectivity index (χ0n) is 26.4. The van der Waals surface area contributed by atoms with Gasteiger partial charge in [0.2, 0.25) is 0 Å². The van der Waals surface area contributed by atoms with Crippen molar-refractivity contribution in [3.8, 4) is 34.3 Å². The predicted octanol–water partition coefficient (Wildman–Crippen LogP) is 5.66. The van der Waals surface area contributed by atoms with Gasteiger partial charge < -0.3 is 9.84 Å². The molecule has 7 aromatic rings. The van der Waals surface area contributed by atoms with Crippen molar-refractivity contribution in [1.82, 2.24) is 34.1 Å². The lowest BCUT2D eigenvalue weighted by molar-refractivity contribution is 0.415. The fourth-order valence-electron chi connectivity index (χ4n) is 5.94. The lowest BCUT2D eigenvalue weighted by Crippen LogP contribution is -2.25. The Morgan fingerprint density at radius 1 is 0.667 bits per heavy atom. The summed E-state index contributed by atoms with van der Waals surface area (Å²) < 4.78 is 10.5. The Labute approximate surface area is 275 Å². The van der Waals surface area contributed by atoms with Crippen molar-refractivity contribution < 1.29 is 9.84 Å². The van der Waals surface area contributed by atoms with Gasteiger partial charge in [-0.1, -0.05) is 29.5 Å². The van der Waals surface area contributed by atoms with Gasteiger partial charge in [-0.2, -0.15) is 0 Å². The molecular formula is C37H33N7O4. The third-order valence-corrected chi connectivity index (χ3v) is 8.47. The molecule has 0 atom stereocenters. The van der Waals surface area contributed by atoms with Crippen LogP contribution in [0.2, 0.25) is 0 Å². The van der Waals surface area contributed by atoms with Crippen molar-refractivity contribution in [1.29, 1.82) is 0 Å². The number of nitrogens with zero attached hydrogens (tertiary/aromatic N) is 7. The van der Waals surface area contributed by atoms with Crippen molar-refractivity contribution >= 4 is 21.8 Å². The van der Waals surface area contributed by atoms with Gasteiger partial charge in [-0.3, -0.25) is 18.7 Å². The molecule has 0 amide bonds. The highest BCUT2D eigenvalue weighted by Crippen LogP contribution is 2.24. The molecule has 11 heteroatoms. The van der Waals surface area contributed by atoms with E-state index in [9.17, 15) is 14.7 Å². The number of hydrogen-bond acceptors (Lipinski definition) is 8. The maximum absolute atomic E-state index is 13.7. The smallest absolute Gasteiger partial charge is 0.262 e. The molecule has 1 N–H and O–H groups in total. The third kappa shape index (κ3) is 6.05. The quantitative estimate of drug-likeness (QED) is 0.179. The molecule has 0 radical (unpaired) electrons. The Balaban J connectivity index is 1.09. The molecule has 0 saturated heterocycles. The van der Waals surface area contributed by atoms with Gasteiger partial charge in [0, 0.05) is 24.2 Å². The second kappa shape index (κ2) is 13.3. The van der Waals surface area contributed by atoms with Gasteiger partial charge >= 0.3 is 0 Å². The first-order valence-corrected chi connectivity index (χ1v) is 15.8. The Hall–Kier alpha value is -6.10. The first-order chi connectivity index (χ1) is 23.5. The number of benzene rings is 4. The number of phenols is 1.